The molecular weight excluding hydrogens is 480 g/mol. The number of nitrogens with one attached hydrogen (secondary N) is 2. The number of Topliss-reactive ketones (excluding diaryl/α,β-unsaturated/α-hetero) is 1. The Morgan fingerprint density at radius 3 is 2.89 bits per heavy atom. The third kappa shape index (κ3) is 4.06. The van der Waals surface area contributed by atoms with Crippen LogP contribution in [0.25, 0.3) is 22.3 Å². The number of anilines is 2. The molecule has 0 unspecified atom stereocenters. The van der Waals surface area contributed by atoms with Gasteiger partial charge in [-0.15, -0.1) is 0 Å². The highest BCUT2D eigenvalue weighted by atomic mass is 35.5. The number of nitrogens with zero attached hydrogens (tertiary/aromatic N) is 2. The van der Waals surface area contributed by atoms with Crippen molar-refractivity contribution in [3.63, 3.8) is 0 Å². The molecule has 184 valence electrons. The van der Waals surface area contributed by atoms with Crippen LogP contribution in [0.2, 0.25) is 5.02 Å². The van der Waals surface area contributed by atoms with Crippen molar-refractivity contribution in [2.24, 2.45) is 5.92 Å². The minimum atomic E-state index is 0.0975. The maximum Gasteiger partial charge on any atom is 0.213 e. The summed E-state index contributed by atoms with van der Waals surface area (Å²) in [6, 6.07) is 11.1. The van der Waals surface area contributed by atoms with E-state index in [9.17, 15) is 4.79 Å². The van der Waals surface area contributed by atoms with E-state index in [4.69, 9.17) is 30.8 Å². The number of rotatable bonds is 7. The fourth-order valence-electron chi connectivity index (χ4n) is 4.75. The van der Waals surface area contributed by atoms with Crippen LogP contribution in [-0.4, -0.2) is 47.7 Å². The number of aromatic nitrogens is 3. The average molecular weight is 505 g/mol. The molecule has 4 heterocycles. The molecule has 1 saturated heterocycles. The molecule has 0 radical (unpaired) electrons. The van der Waals surface area contributed by atoms with Crippen LogP contribution in [0.1, 0.15) is 28.9 Å². The first-order chi connectivity index (χ1) is 17.6. The molecule has 1 aromatic carbocycles. The van der Waals surface area contributed by atoms with Crippen molar-refractivity contribution < 1.29 is 19.0 Å². The SMILES string of the molecule is COc1c(Cl)cccc1Nc1c(-c2ccnc3ccc(OCC4COC4)nc23)[nH]c2c1C(=O)CCC2. The van der Waals surface area contributed by atoms with Gasteiger partial charge < -0.3 is 24.5 Å². The molecule has 9 heteroatoms. The Kier molecular flexibility index (Phi) is 5.99. The lowest BCUT2D eigenvalue weighted by atomic mass is 9.94. The lowest BCUT2D eigenvalue weighted by molar-refractivity contribution is -0.0513. The van der Waals surface area contributed by atoms with Gasteiger partial charge in [0.05, 0.1) is 60.1 Å². The van der Waals surface area contributed by atoms with Crippen molar-refractivity contribution in [3.05, 3.63) is 58.9 Å². The first kappa shape index (κ1) is 22.8. The molecule has 0 spiro atoms. The van der Waals surface area contributed by atoms with Gasteiger partial charge in [-0.1, -0.05) is 17.7 Å². The van der Waals surface area contributed by atoms with Crippen molar-refractivity contribution in [2.75, 3.05) is 32.2 Å². The summed E-state index contributed by atoms with van der Waals surface area (Å²) in [4.78, 5) is 25.9. The quantitative estimate of drug-likeness (QED) is 0.339. The van der Waals surface area contributed by atoms with Gasteiger partial charge in [0.25, 0.3) is 0 Å². The van der Waals surface area contributed by atoms with Crippen LogP contribution in [0.5, 0.6) is 11.6 Å². The van der Waals surface area contributed by atoms with Crippen LogP contribution in [0.4, 0.5) is 11.4 Å². The molecule has 2 N–H and O–H groups in total. The Labute approximate surface area is 213 Å². The first-order valence-electron chi connectivity index (χ1n) is 12.0. The lowest BCUT2D eigenvalue weighted by Crippen LogP contribution is -2.32. The van der Waals surface area contributed by atoms with E-state index in [1.165, 1.54) is 0 Å². The third-order valence-corrected chi connectivity index (χ3v) is 6.92. The predicted octanol–water partition coefficient (Wildman–Crippen LogP) is 5.57. The minimum Gasteiger partial charge on any atom is -0.493 e. The zero-order valence-corrected chi connectivity index (χ0v) is 20.5. The molecule has 0 saturated carbocycles. The Hall–Kier alpha value is -3.62. The molecular formula is C27H25ClN4O4. The average Bonchev–Trinajstić information content (AvgIpc) is 3.22. The van der Waals surface area contributed by atoms with Crippen LogP contribution in [0.3, 0.4) is 0 Å². The molecule has 1 aliphatic heterocycles. The molecule has 6 rings (SSSR count). The van der Waals surface area contributed by atoms with Gasteiger partial charge in [0.2, 0.25) is 5.88 Å². The number of ether oxygens (including phenoxy) is 3. The summed E-state index contributed by atoms with van der Waals surface area (Å²) < 4.78 is 16.7. The van der Waals surface area contributed by atoms with E-state index < -0.39 is 0 Å². The summed E-state index contributed by atoms with van der Waals surface area (Å²) in [7, 11) is 1.57. The van der Waals surface area contributed by atoms with Crippen LogP contribution in [0, 0.1) is 5.92 Å². The Morgan fingerprint density at radius 1 is 1.19 bits per heavy atom. The number of benzene rings is 1. The number of halogens is 1. The second-order valence-electron chi connectivity index (χ2n) is 9.04. The minimum absolute atomic E-state index is 0.0975. The summed E-state index contributed by atoms with van der Waals surface area (Å²) in [5.74, 6) is 1.53. The number of carbonyl (C=O) groups excluding carboxylic acids is 1. The van der Waals surface area contributed by atoms with Crippen molar-refractivity contribution in [2.45, 2.75) is 19.3 Å². The van der Waals surface area contributed by atoms with Gasteiger partial charge in [0.15, 0.2) is 11.5 Å². The van der Waals surface area contributed by atoms with Crippen LogP contribution < -0.4 is 14.8 Å². The maximum absolute atomic E-state index is 13.1. The fourth-order valence-corrected chi connectivity index (χ4v) is 5.00. The number of carbonyl (C=O) groups is 1. The molecule has 3 aromatic heterocycles. The summed E-state index contributed by atoms with van der Waals surface area (Å²) in [5.41, 5.74) is 5.94. The number of H-pyrrole nitrogens is 1. The molecule has 0 bridgehead atoms. The number of methoxy groups -OCH3 is 1. The van der Waals surface area contributed by atoms with Crippen molar-refractivity contribution in [3.8, 4) is 22.9 Å². The molecule has 0 amide bonds. The second-order valence-corrected chi connectivity index (χ2v) is 9.45. The number of pyridine rings is 2. The van der Waals surface area contributed by atoms with Crippen molar-refractivity contribution in [1.82, 2.24) is 15.0 Å². The highest BCUT2D eigenvalue weighted by Crippen LogP contribution is 2.43. The fraction of sp³-hybridized carbons (Fsp3) is 0.296. The van der Waals surface area contributed by atoms with Gasteiger partial charge in [-0.3, -0.25) is 9.78 Å². The third-order valence-electron chi connectivity index (χ3n) is 6.62. The molecule has 0 atom stereocenters. The van der Waals surface area contributed by atoms with Crippen molar-refractivity contribution >= 4 is 39.8 Å². The smallest absolute Gasteiger partial charge is 0.213 e. The molecule has 36 heavy (non-hydrogen) atoms. The lowest BCUT2D eigenvalue weighted by Gasteiger charge is -2.25. The van der Waals surface area contributed by atoms with Gasteiger partial charge >= 0.3 is 0 Å². The Morgan fingerprint density at radius 2 is 2.08 bits per heavy atom. The van der Waals surface area contributed by atoms with Crippen molar-refractivity contribution in [1.29, 1.82) is 0 Å². The standard InChI is InChI=1S/C27H25ClN4O4/c1-34-27-17(28)4-2-6-20(27)31-26-23-18(5-3-7-21(23)33)30-25(26)16-10-11-29-19-8-9-22(32-24(16)19)36-14-15-12-35-13-15/h2,4,6,8-11,15,30-31H,3,5,7,12-14H2,1H3. The second kappa shape index (κ2) is 9.44. The van der Waals surface area contributed by atoms with Crippen LogP contribution in [0.15, 0.2) is 42.6 Å². The normalized spacial score (nSPS) is 15.4. The topological polar surface area (TPSA) is 98.4 Å². The van der Waals surface area contributed by atoms with Gasteiger partial charge in [-0.05, 0) is 37.1 Å². The van der Waals surface area contributed by atoms with E-state index in [1.807, 2.05) is 30.3 Å². The predicted molar refractivity (Wildman–Crippen MR) is 138 cm³/mol. The number of aryl methyl sites for hydroxylation is 1. The molecule has 1 aliphatic carbocycles. The number of aromatic amines is 1. The van der Waals surface area contributed by atoms with Gasteiger partial charge in [-0.2, -0.15) is 0 Å². The largest absolute Gasteiger partial charge is 0.493 e. The maximum atomic E-state index is 13.1. The zero-order valence-electron chi connectivity index (χ0n) is 19.8. The molecule has 1 fully saturated rings. The molecule has 8 nitrogen and oxygen atoms in total. The molecule has 4 aromatic rings. The Balaban J connectivity index is 1.48. The van der Waals surface area contributed by atoms with Gasteiger partial charge in [-0.25, -0.2) is 4.98 Å². The van der Waals surface area contributed by atoms with Gasteiger partial charge in [0.1, 0.15) is 5.52 Å². The number of hydrogen-bond acceptors (Lipinski definition) is 7. The van der Waals surface area contributed by atoms with E-state index in [0.29, 0.717) is 71.3 Å². The van der Waals surface area contributed by atoms with E-state index in [0.717, 1.165) is 35.3 Å². The van der Waals surface area contributed by atoms with Crippen LogP contribution >= 0.6 is 11.6 Å². The number of hydrogen-bond donors (Lipinski definition) is 2. The van der Waals surface area contributed by atoms with E-state index in [2.05, 4.69) is 15.3 Å². The molecule has 2 aliphatic rings. The summed E-state index contributed by atoms with van der Waals surface area (Å²) in [6.07, 6.45) is 3.85. The highest BCUT2D eigenvalue weighted by Gasteiger charge is 2.28. The Bertz CT molecular complexity index is 1460. The highest BCUT2D eigenvalue weighted by molar-refractivity contribution is 6.32. The van der Waals surface area contributed by atoms with Gasteiger partial charge in [0, 0.05) is 35.9 Å². The number of fused-ring (bicyclic) bond motifs is 2. The zero-order chi connectivity index (χ0) is 24.6. The summed E-state index contributed by atoms with van der Waals surface area (Å²) >= 11 is 6.38. The number of ketones is 1. The number of para-hydroxylation sites is 1. The summed E-state index contributed by atoms with van der Waals surface area (Å²) in [5, 5.41) is 3.93. The first-order valence-corrected chi connectivity index (χ1v) is 12.3. The monoisotopic (exact) mass is 504 g/mol. The summed E-state index contributed by atoms with van der Waals surface area (Å²) in [6.45, 7) is 1.98. The van der Waals surface area contributed by atoms with E-state index in [-0.39, 0.29) is 5.78 Å². The van der Waals surface area contributed by atoms with E-state index >= 15 is 0 Å². The van der Waals surface area contributed by atoms with Crippen LogP contribution in [-0.2, 0) is 11.2 Å². The van der Waals surface area contributed by atoms with E-state index in [1.54, 1.807) is 19.4 Å².